The number of aliphatic carboxylic acids is 1. The third-order valence-electron chi connectivity index (χ3n) is 4.46. The Balaban J connectivity index is 1.86. The van der Waals surface area contributed by atoms with Crippen LogP contribution in [0.25, 0.3) is 0 Å². The molecule has 3 atom stereocenters. The summed E-state index contributed by atoms with van der Waals surface area (Å²) in [5, 5.41) is 17.0. The van der Waals surface area contributed by atoms with Crippen molar-refractivity contribution >= 4 is 36.3 Å². The molecule has 0 spiro atoms. The Morgan fingerprint density at radius 1 is 1.20 bits per heavy atom. The molecule has 0 radical (unpaired) electrons. The van der Waals surface area contributed by atoms with Crippen LogP contribution in [0.4, 0.5) is 0 Å². The van der Waals surface area contributed by atoms with E-state index < -0.39 is 24.0 Å². The van der Waals surface area contributed by atoms with Crippen LogP contribution in [0.2, 0.25) is 0 Å². The van der Waals surface area contributed by atoms with E-state index in [-0.39, 0.29) is 30.2 Å². The van der Waals surface area contributed by atoms with Crippen LogP contribution in [-0.4, -0.2) is 77.2 Å². The van der Waals surface area contributed by atoms with Gasteiger partial charge in [-0.15, -0.1) is 0 Å². The average Bonchev–Trinajstić information content (AvgIpc) is 3.27. The van der Waals surface area contributed by atoms with Crippen molar-refractivity contribution in [3.8, 4) is 0 Å². The number of hydrogen-bond donors (Lipinski definition) is 5. The van der Waals surface area contributed by atoms with Crippen LogP contribution in [0.1, 0.15) is 25.7 Å². The highest BCUT2D eigenvalue weighted by Crippen LogP contribution is 2.17. The largest absolute Gasteiger partial charge is 0.480 e. The lowest BCUT2D eigenvalue weighted by Gasteiger charge is -2.25. The van der Waals surface area contributed by atoms with E-state index in [1.807, 2.05) is 0 Å². The van der Waals surface area contributed by atoms with E-state index in [0.29, 0.717) is 19.4 Å². The first-order valence-corrected chi connectivity index (χ1v) is 9.02. The van der Waals surface area contributed by atoms with Crippen molar-refractivity contribution < 1.29 is 24.3 Å². The van der Waals surface area contributed by atoms with E-state index in [4.69, 9.17) is 5.11 Å². The number of thiol groups is 1. The summed E-state index contributed by atoms with van der Waals surface area (Å²) >= 11 is 3.90. The number of carbonyl (C=O) groups is 4. The van der Waals surface area contributed by atoms with Gasteiger partial charge in [0.15, 0.2) is 0 Å². The van der Waals surface area contributed by atoms with Crippen molar-refractivity contribution in [2.45, 2.75) is 43.8 Å². The first-order valence-electron chi connectivity index (χ1n) is 8.38. The molecule has 0 bridgehead atoms. The van der Waals surface area contributed by atoms with Crippen LogP contribution in [0.15, 0.2) is 0 Å². The molecular weight excluding hydrogens is 348 g/mol. The van der Waals surface area contributed by atoms with Gasteiger partial charge >= 0.3 is 5.97 Å². The summed E-state index contributed by atoms with van der Waals surface area (Å²) in [5.41, 5.74) is 0. The maximum Gasteiger partial charge on any atom is 0.327 e. The fourth-order valence-electron chi connectivity index (χ4n) is 3.09. The van der Waals surface area contributed by atoms with Gasteiger partial charge in [-0.05, 0) is 32.2 Å². The Labute approximate surface area is 151 Å². The summed E-state index contributed by atoms with van der Waals surface area (Å²) < 4.78 is 0. The van der Waals surface area contributed by atoms with E-state index in [0.717, 1.165) is 19.4 Å². The van der Waals surface area contributed by atoms with E-state index in [1.54, 1.807) is 0 Å². The number of rotatable bonds is 7. The lowest BCUT2D eigenvalue weighted by Crippen LogP contribution is -2.53. The molecule has 2 saturated heterocycles. The molecule has 0 aromatic heterocycles. The van der Waals surface area contributed by atoms with Crippen LogP contribution >= 0.6 is 12.6 Å². The maximum atomic E-state index is 12.3. The second kappa shape index (κ2) is 9.04. The van der Waals surface area contributed by atoms with Crippen LogP contribution in [0.5, 0.6) is 0 Å². The minimum absolute atomic E-state index is 0.0355. The molecule has 3 amide bonds. The van der Waals surface area contributed by atoms with Gasteiger partial charge in [0.2, 0.25) is 17.7 Å². The molecule has 0 aliphatic carbocycles. The lowest BCUT2D eigenvalue weighted by atomic mass is 10.2. The van der Waals surface area contributed by atoms with Crippen LogP contribution in [-0.2, 0) is 19.2 Å². The monoisotopic (exact) mass is 372 g/mol. The fraction of sp³-hybridized carbons (Fsp3) is 0.733. The van der Waals surface area contributed by atoms with E-state index >= 15 is 0 Å². The number of carboxylic acid groups (broad SMARTS) is 1. The van der Waals surface area contributed by atoms with Crippen molar-refractivity contribution in [3.63, 3.8) is 0 Å². The fourth-order valence-corrected chi connectivity index (χ4v) is 3.33. The molecule has 0 saturated carbocycles. The van der Waals surface area contributed by atoms with Gasteiger partial charge in [-0.1, -0.05) is 0 Å². The number of carboxylic acids is 1. The first-order chi connectivity index (χ1) is 11.9. The van der Waals surface area contributed by atoms with Crippen LogP contribution in [0, 0.1) is 0 Å². The third kappa shape index (κ3) is 5.08. The highest BCUT2D eigenvalue weighted by atomic mass is 32.1. The number of nitrogens with zero attached hydrogens (tertiary/aromatic N) is 1. The Bertz CT molecular complexity index is 538. The van der Waals surface area contributed by atoms with Gasteiger partial charge in [-0.2, -0.15) is 12.6 Å². The summed E-state index contributed by atoms with van der Waals surface area (Å²) in [6.07, 6.45) is 2.79. The molecular formula is C15H24N4O5S. The van der Waals surface area contributed by atoms with Crippen molar-refractivity contribution in [3.05, 3.63) is 0 Å². The van der Waals surface area contributed by atoms with Gasteiger partial charge in [0, 0.05) is 12.3 Å². The predicted molar refractivity (Wildman–Crippen MR) is 92.2 cm³/mol. The predicted octanol–water partition coefficient (Wildman–Crippen LogP) is -1.66. The van der Waals surface area contributed by atoms with Crippen molar-refractivity contribution in [2.24, 2.45) is 0 Å². The van der Waals surface area contributed by atoms with E-state index in [2.05, 4.69) is 28.6 Å². The second-order valence-electron chi connectivity index (χ2n) is 6.19. The molecule has 140 valence electrons. The first kappa shape index (κ1) is 19.5. The zero-order valence-electron chi connectivity index (χ0n) is 13.9. The molecule has 25 heavy (non-hydrogen) atoms. The molecule has 2 heterocycles. The van der Waals surface area contributed by atoms with Crippen LogP contribution < -0.4 is 16.0 Å². The lowest BCUT2D eigenvalue weighted by molar-refractivity contribution is -0.143. The molecule has 2 rings (SSSR count). The minimum Gasteiger partial charge on any atom is -0.480 e. The third-order valence-corrected chi connectivity index (χ3v) is 4.83. The molecule has 0 unspecified atom stereocenters. The van der Waals surface area contributed by atoms with Crippen LogP contribution in [0.3, 0.4) is 0 Å². The normalized spacial score (nSPS) is 24.0. The highest BCUT2D eigenvalue weighted by Gasteiger charge is 2.35. The van der Waals surface area contributed by atoms with Crippen molar-refractivity contribution in [1.82, 2.24) is 20.9 Å². The van der Waals surface area contributed by atoms with Crippen molar-refractivity contribution in [2.75, 3.05) is 25.4 Å². The SMILES string of the molecule is O=C(O)[C@H](CS)NC(=O)[C@@H]1CCCN1C(=O)CNC(=O)[C@@H]1CCCN1. The second-order valence-corrected chi connectivity index (χ2v) is 6.56. The van der Waals surface area contributed by atoms with E-state index in [9.17, 15) is 19.2 Å². The quantitative estimate of drug-likeness (QED) is 0.341. The summed E-state index contributed by atoms with van der Waals surface area (Å²) in [6, 6.07) is -2.07. The van der Waals surface area contributed by atoms with Gasteiger partial charge in [0.1, 0.15) is 12.1 Å². The number of nitrogens with one attached hydrogen (secondary N) is 3. The standard InChI is InChI=1S/C15H24N4O5S/c20-12(7-17-13(21)9-3-1-5-16-9)19-6-2-4-11(19)14(22)18-10(8-25)15(23)24/h9-11,16,25H,1-8H2,(H,17,21)(H,18,22)(H,23,24)/t9-,10-,11-/m0/s1. The Morgan fingerprint density at radius 2 is 1.96 bits per heavy atom. The minimum atomic E-state index is -1.17. The summed E-state index contributed by atoms with van der Waals surface area (Å²) in [5.74, 6) is -2.27. The summed E-state index contributed by atoms with van der Waals surface area (Å²) in [6.45, 7) is 1.03. The molecule has 0 aromatic rings. The van der Waals surface area contributed by atoms with Gasteiger partial charge in [0.25, 0.3) is 0 Å². The molecule has 2 aliphatic heterocycles. The highest BCUT2D eigenvalue weighted by molar-refractivity contribution is 7.80. The molecule has 0 aromatic carbocycles. The number of likely N-dealkylation sites (tertiary alicyclic amines) is 1. The molecule has 2 aliphatic rings. The van der Waals surface area contributed by atoms with Gasteiger partial charge in [0.05, 0.1) is 12.6 Å². The summed E-state index contributed by atoms with van der Waals surface area (Å²) in [4.78, 5) is 49.0. The van der Waals surface area contributed by atoms with Crippen molar-refractivity contribution in [1.29, 1.82) is 0 Å². The number of hydrogen-bond acceptors (Lipinski definition) is 6. The smallest absolute Gasteiger partial charge is 0.327 e. The number of amides is 3. The molecule has 10 heteroatoms. The zero-order valence-corrected chi connectivity index (χ0v) is 14.8. The van der Waals surface area contributed by atoms with Gasteiger partial charge in [-0.3, -0.25) is 14.4 Å². The molecule has 4 N–H and O–H groups in total. The van der Waals surface area contributed by atoms with Gasteiger partial charge in [-0.25, -0.2) is 4.79 Å². The molecule has 9 nitrogen and oxygen atoms in total. The van der Waals surface area contributed by atoms with E-state index in [1.165, 1.54) is 4.90 Å². The number of carbonyl (C=O) groups excluding carboxylic acids is 3. The Hall–Kier alpha value is -1.81. The average molecular weight is 372 g/mol. The zero-order chi connectivity index (χ0) is 18.4. The Kier molecular flexibility index (Phi) is 7.06. The summed E-state index contributed by atoms with van der Waals surface area (Å²) in [7, 11) is 0. The maximum absolute atomic E-state index is 12.3. The molecule has 2 fully saturated rings. The van der Waals surface area contributed by atoms with Gasteiger partial charge < -0.3 is 26.0 Å². The topological polar surface area (TPSA) is 128 Å². The Morgan fingerprint density at radius 3 is 2.56 bits per heavy atom.